The summed E-state index contributed by atoms with van der Waals surface area (Å²) in [5, 5.41) is 3.04. The molecule has 0 aromatic heterocycles. The Hall–Kier alpha value is -0.570. The van der Waals surface area contributed by atoms with Crippen LogP contribution in [0.3, 0.4) is 0 Å². The van der Waals surface area contributed by atoms with Gasteiger partial charge >= 0.3 is 0 Å². The van der Waals surface area contributed by atoms with Gasteiger partial charge in [-0.2, -0.15) is 0 Å². The summed E-state index contributed by atoms with van der Waals surface area (Å²) < 4.78 is 0. The standard InChI is InChI=1S/C13H26N2O/c1-4-11(3)14-13(16)10-15-9-7-6-8-12(15)5-2/h11-12H,4-10H2,1-3H3,(H,14,16)/t11-,12-/m1/s1. The number of rotatable bonds is 5. The minimum atomic E-state index is 0.190. The van der Waals surface area contributed by atoms with Crippen LogP contribution >= 0.6 is 0 Å². The van der Waals surface area contributed by atoms with Crippen LogP contribution in [0, 0.1) is 0 Å². The van der Waals surface area contributed by atoms with Crippen molar-refractivity contribution in [3.8, 4) is 0 Å². The molecule has 94 valence electrons. The Labute approximate surface area is 99.6 Å². The second-order valence-electron chi connectivity index (χ2n) is 4.91. The van der Waals surface area contributed by atoms with Crippen molar-refractivity contribution in [3.63, 3.8) is 0 Å². The number of amides is 1. The zero-order valence-corrected chi connectivity index (χ0v) is 11.0. The van der Waals surface area contributed by atoms with E-state index in [1.165, 1.54) is 19.3 Å². The Bertz CT molecular complexity index is 218. The van der Waals surface area contributed by atoms with Crippen LogP contribution in [0.4, 0.5) is 0 Å². The summed E-state index contributed by atoms with van der Waals surface area (Å²) >= 11 is 0. The van der Waals surface area contributed by atoms with Crippen molar-refractivity contribution in [2.75, 3.05) is 13.1 Å². The lowest BCUT2D eigenvalue weighted by Gasteiger charge is -2.34. The molecule has 1 aliphatic rings. The van der Waals surface area contributed by atoms with Gasteiger partial charge < -0.3 is 5.32 Å². The Morgan fingerprint density at radius 3 is 2.81 bits per heavy atom. The number of carbonyl (C=O) groups is 1. The number of hydrogen-bond acceptors (Lipinski definition) is 2. The summed E-state index contributed by atoms with van der Waals surface area (Å²) in [6.45, 7) is 8.05. The van der Waals surface area contributed by atoms with Crippen molar-refractivity contribution < 1.29 is 4.79 Å². The molecule has 1 fully saturated rings. The van der Waals surface area contributed by atoms with Gasteiger partial charge in [-0.1, -0.05) is 20.3 Å². The van der Waals surface area contributed by atoms with Gasteiger partial charge in [0, 0.05) is 12.1 Å². The molecule has 1 saturated heterocycles. The molecule has 0 aromatic carbocycles. The van der Waals surface area contributed by atoms with Gasteiger partial charge in [0.1, 0.15) is 0 Å². The van der Waals surface area contributed by atoms with E-state index in [0.29, 0.717) is 18.6 Å². The third-order valence-electron chi connectivity index (χ3n) is 3.59. The van der Waals surface area contributed by atoms with Gasteiger partial charge in [-0.05, 0) is 39.2 Å². The Morgan fingerprint density at radius 1 is 1.44 bits per heavy atom. The van der Waals surface area contributed by atoms with Crippen molar-refractivity contribution in [2.45, 2.75) is 65.0 Å². The quantitative estimate of drug-likeness (QED) is 0.779. The predicted molar refractivity (Wildman–Crippen MR) is 67.4 cm³/mol. The van der Waals surface area contributed by atoms with Crippen LogP contribution in [0.25, 0.3) is 0 Å². The van der Waals surface area contributed by atoms with Crippen LogP contribution in [0.2, 0.25) is 0 Å². The zero-order chi connectivity index (χ0) is 12.0. The van der Waals surface area contributed by atoms with Gasteiger partial charge in [-0.3, -0.25) is 9.69 Å². The molecule has 0 radical (unpaired) electrons. The molecule has 0 unspecified atom stereocenters. The fourth-order valence-corrected chi connectivity index (χ4v) is 2.34. The van der Waals surface area contributed by atoms with Crippen LogP contribution in [0.1, 0.15) is 52.9 Å². The average Bonchev–Trinajstić information content (AvgIpc) is 2.29. The second kappa shape index (κ2) is 6.89. The third-order valence-corrected chi connectivity index (χ3v) is 3.59. The highest BCUT2D eigenvalue weighted by molar-refractivity contribution is 5.78. The minimum Gasteiger partial charge on any atom is -0.353 e. The average molecular weight is 226 g/mol. The van der Waals surface area contributed by atoms with E-state index < -0.39 is 0 Å². The summed E-state index contributed by atoms with van der Waals surface area (Å²) in [5.74, 6) is 0.190. The monoisotopic (exact) mass is 226 g/mol. The van der Waals surface area contributed by atoms with E-state index in [9.17, 15) is 4.79 Å². The van der Waals surface area contributed by atoms with Gasteiger partial charge in [0.05, 0.1) is 6.54 Å². The first-order valence-electron chi connectivity index (χ1n) is 6.70. The number of nitrogens with one attached hydrogen (secondary N) is 1. The van der Waals surface area contributed by atoms with Crippen molar-refractivity contribution in [3.05, 3.63) is 0 Å². The fourth-order valence-electron chi connectivity index (χ4n) is 2.34. The molecule has 1 rings (SSSR count). The van der Waals surface area contributed by atoms with Crippen LogP contribution in [-0.2, 0) is 4.79 Å². The predicted octanol–water partition coefficient (Wildman–Crippen LogP) is 2.17. The molecular formula is C13H26N2O. The van der Waals surface area contributed by atoms with Gasteiger partial charge in [0.2, 0.25) is 5.91 Å². The SMILES string of the molecule is CC[C@@H]1CCCCN1CC(=O)N[C@H](C)CC. The van der Waals surface area contributed by atoms with E-state index in [1.807, 2.05) is 0 Å². The van der Waals surface area contributed by atoms with E-state index in [2.05, 4.69) is 31.0 Å². The largest absolute Gasteiger partial charge is 0.353 e. The maximum Gasteiger partial charge on any atom is 0.234 e. The number of carbonyl (C=O) groups excluding carboxylic acids is 1. The summed E-state index contributed by atoms with van der Waals surface area (Å²) in [5.41, 5.74) is 0. The van der Waals surface area contributed by atoms with Crippen molar-refractivity contribution in [2.24, 2.45) is 0 Å². The smallest absolute Gasteiger partial charge is 0.234 e. The molecule has 1 N–H and O–H groups in total. The van der Waals surface area contributed by atoms with Crippen molar-refractivity contribution >= 4 is 5.91 Å². The van der Waals surface area contributed by atoms with E-state index in [4.69, 9.17) is 0 Å². The molecule has 0 bridgehead atoms. The summed E-state index contributed by atoms with van der Waals surface area (Å²) in [7, 11) is 0. The molecule has 1 aliphatic heterocycles. The molecule has 3 heteroatoms. The molecule has 0 aliphatic carbocycles. The van der Waals surface area contributed by atoms with Crippen LogP contribution in [0.15, 0.2) is 0 Å². The molecule has 1 amide bonds. The lowest BCUT2D eigenvalue weighted by molar-refractivity contribution is -0.123. The highest BCUT2D eigenvalue weighted by Gasteiger charge is 2.22. The van der Waals surface area contributed by atoms with Gasteiger partial charge in [0.15, 0.2) is 0 Å². The Balaban J connectivity index is 2.36. The Kier molecular flexibility index (Phi) is 5.81. The highest BCUT2D eigenvalue weighted by atomic mass is 16.2. The zero-order valence-electron chi connectivity index (χ0n) is 11.0. The normalized spacial score (nSPS) is 24.1. The van der Waals surface area contributed by atoms with E-state index >= 15 is 0 Å². The first kappa shape index (κ1) is 13.5. The van der Waals surface area contributed by atoms with E-state index in [-0.39, 0.29) is 5.91 Å². The molecule has 1 heterocycles. The summed E-state index contributed by atoms with van der Waals surface area (Å²) in [4.78, 5) is 14.1. The third kappa shape index (κ3) is 4.12. The van der Waals surface area contributed by atoms with E-state index in [1.54, 1.807) is 0 Å². The summed E-state index contributed by atoms with van der Waals surface area (Å²) in [6, 6.07) is 0.925. The second-order valence-corrected chi connectivity index (χ2v) is 4.91. The molecular weight excluding hydrogens is 200 g/mol. The fraction of sp³-hybridized carbons (Fsp3) is 0.923. The lowest BCUT2D eigenvalue weighted by Crippen LogP contribution is -2.46. The van der Waals surface area contributed by atoms with Crippen LogP contribution < -0.4 is 5.32 Å². The van der Waals surface area contributed by atoms with E-state index in [0.717, 1.165) is 19.4 Å². The van der Waals surface area contributed by atoms with Gasteiger partial charge in [0.25, 0.3) is 0 Å². The first-order valence-corrected chi connectivity index (χ1v) is 6.70. The maximum absolute atomic E-state index is 11.8. The molecule has 0 saturated carbocycles. The number of hydrogen-bond donors (Lipinski definition) is 1. The first-order chi connectivity index (χ1) is 7.67. The number of piperidine rings is 1. The topological polar surface area (TPSA) is 32.3 Å². The van der Waals surface area contributed by atoms with Gasteiger partial charge in [-0.25, -0.2) is 0 Å². The summed E-state index contributed by atoms with van der Waals surface area (Å²) in [6.07, 6.45) is 5.99. The van der Waals surface area contributed by atoms with Crippen LogP contribution in [-0.4, -0.2) is 36.0 Å². The highest BCUT2D eigenvalue weighted by Crippen LogP contribution is 2.18. The molecule has 0 aromatic rings. The van der Waals surface area contributed by atoms with Crippen molar-refractivity contribution in [1.82, 2.24) is 10.2 Å². The number of likely N-dealkylation sites (tertiary alicyclic amines) is 1. The molecule has 0 spiro atoms. The number of nitrogens with zero attached hydrogens (tertiary/aromatic N) is 1. The van der Waals surface area contributed by atoms with Crippen molar-refractivity contribution in [1.29, 1.82) is 0 Å². The minimum absolute atomic E-state index is 0.190. The Morgan fingerprint density at radius 2 is 2.19 bits per heavy atom. The molecule has 3 nitrogen and oxygen atoms in total. The molecule has 16 heavy (non-hydrogen) atoms. The van der Waals surface area contributed by atoms with Crippen LogP contribution in [0.5, 0.6) is 0 Å². The van der Waals surface area contributed by atoms with Gasteiger partial charge in [-0.15, -0.1) is 0 Å². The maximum atomic E-state index is 11.8. The molecule has 2 atom stereocenters. The lowest BCUT2D eigenvalue weighted by atomic mass is 10.00.